The number of imidazole rings is 1. The number of nitrogens with one attached hydrogen (secondary N) is 1. The van der Waals surface area contributed by atoms with Crippen molar-refractivity contribution in [2.24, 2.45) is 0 Å². The number of nitrogens with zero attached hydrogens (tertiary/aromatic N) is 2. The number of hydrogen-bond donors (Lipinski definition) is 2. The topological polar surface area (TPSA) is 69.2 Å². The summed E-state index contributed by atoms with van der Waals surface area (Å²) in [5.74, 6) is -0.123. The first-order chi connectivity index (χ1) is 13.2. The van der Waals surface area contributed by atoms with Crippen molar-refractivity contribution >= 4 is 16.9 Å². The van der Waals surface area contributed by atoms with Crippen molar-refractivity contribution in [2.75, 3.05) is 0 Å². The zero-order valence-corrected chi connectivity index (χ0v) is 14.5. The number of phenols is 1. The second kappa shape index (κ2) is 5.99. The molecule has 5 rings (SSSR count). The van der Waals surface area contributed by atoms with Gasteiger partial charge in [0.2, 0.25) is 0 Å². The van der Waals surface area contributed by atoms with Gasteiger partial charge in [0.25, 0.3) is 5.91 Å². The van der Waals surface area contributed by atoms with E-state index in [1.54, 1.807) is 18.5 Å². The lowest BCUT2D eigenvalue weighted by Gasteiger charge is -2.26. The molecule has 5 nitrogen and oxygen atoms in total. The first-order valence-electron chi connectivity index (χ1n) is 8.82. The van der Waals surface area contributed by atoms with Crippen LogP contribution in [0.4, 0.5) is 0 Å². The quantitative estimate of drug-likeness (QED) is 0.583. The molecule has 0 saturated heterocycles. The molecule has 4 aromatic rings. The fourth-order valence-corrected chi connectivity index (χ4v) is 3.87. The van der Waals surface area contributed by atoms with Gasteiger partial charge in [-0.1, -0.05) is 48.5 Å². The molecule has 1 aromatic heterocycles. The highest BCUT2D eigenvalue weighted by Gasteiger charge is 2.39. The SMILES string of the molecule is O=C1c2c(O)cccc2C(c2ccc3nc[nH]c3c2)N1Cc1ccccc1. The molecule has 1 aliphatic rings. The van der Waals surface area contributed by atoms with Gasteiger partial charge in [-0.2, -0.15) is 0 Å². The molecule has 1 unspecified atom stereocenters. The standard InChI is InChI=1S/C22H17N3O2/c26-19-8-4-7-16-20(19)22(27)25(12-14-5-2-1-3-6-14)21(16)15-9-10-17-18(11-15)24-13-23-17/h1-11,13,21,26H,12H2,(H,23,24). The van der Waals surface area contributed by atoms with E-state index in [-0.39, 0.29) is 17.7 Å². The minimum absolute atomic E-state index is 0.0284. The monoisotopic (exact) mass is 355 g/mol. The van der Waals surface area contributed by atoms with Crippen molar-refractivity contribution in [3.05, 3.63) is 95.3 Å². The van der Waals surface area contributed by atoms with Gasteiger partial charge in [-0.25, -0.2) is 4.98 Å². The zero-order valence-electron chi connectivity index (χ0n) is 14.5. The van der Waals surface area contributed by atoms with E-state index in [0.29, 0.717) is 12.1 Å². The van der Waals surface area contributed by atoms with Gasteiger partial charge in [0.1, 0.15) is 5.75 Å². The van der Waals surface area contributed by atoms with E-state index in [1.165, 1.54) is 0 Å². The number of carbonyl (C=O) groups is 1. The number of aromatic hydroxyl groups is 1. The smallest absolute Gasteiger partial charge is 0.259 e. The highest BCUT2D eigenvalue weighted by atomic mass is 16.3. The Morgan fingerprint density at radius 2 is 1.89 bits per heavy atom. The number of H-pyrrole nitrogens is 1. The fraction of sp³-hybridized carbons (Fsp3) is 0.0909. The molecule has 0 fully saturated rings. The summed E-state index contributed by atoms with van der Waals surface area (Å²) >= 11 is 0. The van der Waals surface area contributed by atoms with Crippen LogP contribution in [0, 0.1) is 0 Å². The van der Waals surface area contributed by atoms with Gasteiger partial charge in [0.05, 0.1) is 29.0 Å². The number of phenolic OH excluding ortho intramolecular Hbond substituents is 1. The maximum absolute atomic E-state index is 13.2. The maximum atomic E-state index is 13.2. The van der Waals surface area contributed by atoms with Crippen molar-refractivity contribution in [2.45, 2.75) is 12.6 Å². The number of aromatic nitrogens is 2. The lowest BCUT2D eigenvalue weighted by atomic mass is 9.97. The van der Waals surface area contributed by atoms with Crippen LogP contribution in [0.5, 0.6) is 5.75 Å². The van der Waals surface area contributed by atoms with Gasteiger partial charge in [-0.3, -0.25) is 4.79 Å². The van der Waals surface area contributed by atoms with Crippen molar-refractivity contribution in [1.29, 1.82) is 0 Å². The van der Waals surface area contributed by atoms with Crippen LogP contribution in [0.25, 0.3) is 11.0 Å². The minimum atomic E-state index is -0.257. The Balaban J connectivity index is 1.66. The summed E-state index contributed by atoms with van der Waals surface area (Å²) in [5, 5.41) is 10.3. The molecule has 1 atom stereocenters. The van der Waals surface area contributed by atoms with Crippen molar-refractivity contribution in [1.82, 2.24) is 14.9 Å². The van der Waals surface area contributed by atoms with Crippen LogP contribution in [-0.4, -0.2) is 25.9 Å². The molecule has 0 radical (unpaired) electrons. The number of benzene rings is 3. The first kappa shape index (κ1) is 15.6. The molecule has 0 saturated carbocycles. The Morgan fingerprint density at radius 1 is 1.04 bits per heavy atom. The highest BCUT2D eigenvalue weighted by Crippen LogP contribution is 2.43. The van der Waals surface area contributed by atoms with Gasteiger partial charge < -0.3 is 15.0 Å². The van der Waals surface area contributed by atoms with Crippen molar-refractivity contribution in [3.63, 3.8) is 0 Å². The molecule has 0 aliphatic carbocycles. The summed E-state index contributed by atoms with van der Waals surface area (Å²) in [7, 11) is 0. The zero-order chi connectivity index (χ0) is 18.4. The lowest BCUT2D eigenvalue weighted by molar-refractivity contribution is 0.0734. The van der Waals surface area contributed by atoms with Crippen LogP contribution in [0.1, 0.15) is 33.1 Å². The van der Waals surface area contributed by atoms with Crippen LogP contribution >= 0.6 is 0 Å². The number of hydrogen-bond acceptors (Lipinski definition) is 3. The number of aromatic amines is 1. The lowest BCUT2D eigenvalue weighted by Crippen LogP contribution is -2.28. The molecule has 0 spiro atoms. The normalized spacial score (nSPS) is 16.1. The van der Waals surface area contributed by atoms with E-state index in [2.05, 4.69) is 9.97 Å². The Morgan fingerprint density at radius 3 is 2.74 bits per heavy atom. The van der Waals surface area contributed by atoms with Crippen molar-refractivity contribution < 1.29 is 9.90 Å². The van der Waals surface area contributed by atoms with E-state index < -0.39 is 0 Å². The van der Waals surface area contributed by atoms with Crippen LogP contribution < -0.4 is 0 Å². The third-order valence-corrected chi connectivity index (χ3v) is 5.11. The van der Waals surface area contributed by atoms with Gasteiger partial charge in [-0.05, 0) is 34.9 Å². The van der Waals surface area contributed by atoms with E-state index >= 15 is 0 Å². The Bertz CT molecular complexity index is 1150. The predicted molar refractivity (Wildman–Crippen MR) is 102 cm³/mol. The van der Waals surface area contributed by atoms with Crippen LogP contribution in [0.15, 0.2) is 73.1 Å². The molecule has 132 valence electrons. The highest BCUT2D eigenvalue weighted by molar-refractivity contribution is 6.02. The second-order valence-corrected chi connectivity index (χ2v) is 6.74. The van der Waals surface area contributed by atoms with Crippen molar-refractivity contribution in [3.8, 4) is 5.75 Å². The molecule has 1 aliphatic heterocycles. The predicted octanol–water partition coefficient (Wildman–Crippen LogP) is 4.01. The van der Waals surface area contributed by atoms with Gasteiger partial charge >= 0.3 is 0 Å². The molecule has 1 amide bonds. The molecule has 2 heterocycles. The van der Waals surface area contributed by atoms with E-state index in [1.807, 2.05) is 59.5 Å². The van der Waals surface area contributed by atoms with Gasteiger partial charge in [0, 0.05) is 6.54 Å². The van der Waals surface area contributed by atoms with Gasteiger partial charge in [-0.15, -0.1) is 0 Å². The molecular formula is C22H17N3O2. The second-order valence-electron chi connectivity index (χ2n) is 6.74. The molecular weight excluding hydrogens is 338 g/mol. The third kappa shape index (κ3) is 2.47. The number of amides is 1. The van der Waals surface area contributed by atoms with Crippen LogP contribution in [0.3, 0.4) is 0 Å². The third-order valence-electron chi connectivity index (χ3n) is 5.11. The summed E-state index contributed by atoms with van der Waals surface area (Å²) in [6.07, 6.45) is 1.66. The summed E-state index contributed by atoms with van der Waals surface area (Å²) in [6.45, 7) is 0.472. The average molecular weight is 355 g/mol. The minimum Gasteiger partial charge on any atom is -0.507 e. The molecule has 2 N–H and O–H groups in total. The largest absolute Gasteiger partial charge is 0.507 e. The van der Waals surface area contributed by atoms with Gasteiger partial charge in [0.15, 0.2) is 0 Å². The summed E-state index contributed by atoms with van der Waals surface area (Å²) in [5.41, 5.74) is 5.06. The Hall–Kier alpha value is -3.60. The number of rotatable bonds is 3. The maximum Gasteiger partial charge on any atom is 0.259 e. The number of carbonyl (C=O) groups excluding carboxylic acids is 1. The first-order valence-corrected chi connectivity index (χ1v) is 8.82. The Kier molecular flexibility index (Phi) is 3.47. The fourth-order valence-electron chi connectivity index (χ4n) is 3.87. The number of fused-ring (bicyclic) bond motifs is 2. The van der Waals surface area contributed by atoms with E-state index in [9.17, 15) is 9.90 Å². The van der Waals surface area contributed by atoms with E-state index in [0.717, 1.165) is 27.7 Å². The molecule has 0 bridgehead atoms. The Labute approximate surface area is 155 Å². The summed E-state index contributed by atoms with van der Waals surface area (Å²) in [6, 6.07) is 20.9. The molecule has 27 heavy (non-hydrogen) atoms. The average Bonchev–Trinajstić information content (AvgIpc) is 3.26. The van der Waals surface area contributed by atoms with E-state index in [4.69, 9.17) is 0 Å². The summed E-state index contributed by atoms with van der Waals surface area (Å²) < 4.78 is 0. The summed E-state index contributed by atoms with van der Waals surface area (Å²) in [4.78, 5) is 22.4. The molecule has 3 aromatic carbocycles. The van der Waals surface area contributed by atoms with Crippen LogP contribution in [0.2, 0.25) is 0 Å². The van der Waals surface area contributed by atoms with Crippen LogP contribution in [-0.2, 0) is 6.54 Å². The molecule has 5 heteroatoms.